The van der Waals surface area contributed by atoms with Crippen LogP contribution in [0.2, 0.25) is 0 Å². The molecular formula is C12H18NO3+. The van der Waals surface area contributed by atoms with Crippen LogP contribution >= 0.6 is 0 Å². The summed E-state index contributed by atoms with van der Waals surface area (Å²) >= 11 is 0. The van der Waals surface area contributed by atoms with Gasteiger partial charge in [-0.05, 0) is 11.6 Å². The number of carbonyl (C=O) groups is 1. The van der Waals surface area contributed by atoms with Crippen LogP contribution < -0.4 is 5.73 Å². The summed E-state index contributed by atoms with van der Waals surface area (Å²) in [6.45, 7) is 0.585. The van der Waals surface area contributed by atoms with Crippen molar-refractivity contribution in [3.05, 3.63) is 35.4 Å². The van der Waals surface area contributed by atoms with Gasteiger partial charge in [0.1, 0.15) is 5.69 Å². The Kier molecular flexibility index (Phi) is 7.97. The first-order valence-electron chi connectivity index (χ1n) is 4.79. The van der Waals surface area contributed by atoms with E-state index in [-0.39, 0.29) is 0 Å². The van der Waals surface area contributed by atoms with Gasteiger partial charge >= 0.3 is 0 Å². The number of carbonyl (C=O) groups excluding carboxylic acids is 1. The van der Waals surface area contributed by atoms with Gasteiger partial charge in [-0.1, -0.05) is 18.2 Å². The number of aliphatic hydroxyl groups is 1. The van der Waals surface area contributed by atoms with E-state index in [0.717, 1.165) is 24.6 Å². The molecule has 0 aliphatic heterocycles. The average Bonchev–Trinajstić information content (AvgIpc) is 2.32. The fourth-order valence-electron chi connectivity index (χ4n) is 1.12. The minimum atomic E-state index is 0.585. The molecule has 16 heavy (non-hydrogen) atoms. The Morgan fingerprint density at radius 3 is 2.62 bits per heavy atom. The van der Waals surface area contributed by atoms with Crippen molar-refractivity contribution in [3.63, 3.8) is 0 Å². The fourth-order valence-corrected chi connectivity index (χ4v) is 1.12. The molecule has 0 aliphatic rings. The van der Waals surface area contributed by atoms with E-state index in [1.165, 1.54) is 0 Å². The van der Waals surface area contributed by atoms with Crippen LogP contribution in [0.3, 0.4) is 0 Å². The minimum absolute atomic E-state index is 0.585. The molecule has 0 saturated carbocycles. The Bertz CT molecular complexity index is 348. The van der Waals surface area contributed by atoms with E-state index in [1.54, 1.807) is 13.2 Å². The summed E-state index contributed by atoms with van der Waals surface area (Å²) in [7, 11) is 2.65. The topological polar surface area (TPSA) is 74.2 Å². The molecule has 0 aliphatic carbocycles. The summed E-state index contributed by atoms with van der Waals surface area (Å²) in [5.74, 6) is 0. The van der Waals surface area contributed by atoms with Crippen molar-refractivity contribution >= 4 is 18.0 Å². The van der Waals surface area contributed by atoms with Gasteiger partial charge in [-0.2, -0.15) is 0 Å². The quantitative estimate of drug-likeness (QED) is 0.737. The van der Waals surface area contributed by atoms with Gasteiger partial charge in [0.2, 0.25) is 0 Å². The molecule has 0 bridgehead atoms. The molecule has 1 rings (SSSR count). The van der Waals surface area contributed by atoms with Crippen LogP contribution in [0.1, 0.15) is 15.9 Å². The van der Waals surface area contributed by atoms with Crippen LogP contribution in [0.4, 0.5) is 5.69 Å². The highest BCUT2D eigenvalue weighted by molar-refractivity contribution is 5.81. The van der Waals surface area contributed by atoms with Crippen molar-refractivity contribution in [2.45, 2.75) is 0 Å². The average molecular weight is 224 g/mol. The molecule has 0 amide bonds. The molecule has 1 aromatic rings. The van der Waals surface area contributed by atoms with Crippen molar-refractivity contribution in [3.8, 4) is 0 Å². The molecule has 0 saturated heterocycles. The predicted octanol–water partition coefficient (Wildman–Crippen LogP) is 0.641. The predicted molar refractivity (Wildman–Crippen MR) is 63.4 cm³/mol. The number of hydrogen-bond donors (Lipinski definition) is 2. The fraction of sp³-hybridized carbons (Fsp3) is 0.250. The van der Waals surface area contributed by atoms with Crippen molar-refractivity contribution < 1.29 is 20.4 Å². The highest BCUT2D eigenvalue weighted by Crippen LogP contribution is 2.11. The zero-order chi connectivity index (χ0) is 12.4. The number of methoxy groups -OCH3 is 1. The zero-order valence-electron chi connectivity index (χ0n) is 9.64. The molecule has 1 aromatic carbocycles. The monoisotopic (exact) mass is 224 g/mol. The largest absolute Gasteiger partial charge is 0.400 e. The molecular weight excluding hydrogens is 206 g/mol. The molecule has 88 valence electrons. The number of rotatable bonds is 4. The number of hydrogen-bond acceptors (Lipinski definition) is 3. The lowest BCUT2D eigenvalue weighted by Gasteiger charge is -1.96. The summed E-state index contributed by atoms with van der Waals surface area (Å²) in [6.07, 6.45) is 4.66. The summed E-state index contributed by atoms with van der Waals surface area (Å²) in [5, 5.41) is 7.00. The third-order valence-corrected chi connectivity index (χ3v) is 1.87. The first-order valence-corrected chi connectivity index (χ1v) is 4.79. The summed E-state index contributed by atoms with van der Waals surface area (Å²) < 4.78 is 4.88. The van der Waals surface area contributed by atoms with Crippen LogP contribution in [-0.2, 0) is 4.74 Å². The molecule has 4 N–H and O–H groups in total. The van der Waals surface area contributed by atoms with E-state index in [4.69, 9.17) is 9.84 Å². The van der Waals surface area contributed by atoms with E-state index in [0.29, 0.717) is 12.2 Å². The normalized spacial score (nSPS) is 9.75. The summed E-state index contributed by atoms with van der Waals surface area (Å²) in [6, 6.07) is 5.52. The maximum absolute atomic E-state index is 10.5. The van der Waals surface area contributed by atoms with Crippen molar-refractivity contribution in [2.24, 2.45) is 0 Å². The molecule has 0 unspecified atom stereocenters. The maximum Gasteiger partial charge on any atom is 0.156 e. The van der Waals surface area contributed by atoms with E-state index < -0.39 is 0 Å². The maximum atomic E-state index is 10.5. The van der Waals surface area contributed by atoms with Crippen molar-refractivity contribution in [1.29, 1.82) is 0 Å². The molecule has 0 spiro atoms. The minimum Gasteiger partial charge on any atom is -0.400 e. The van der Waals surface area contributed by atoms with Gasteiger partial charge in [-0.25, -0.2) is 0 Å². The van der Waals surface area contributed by atoms with Gasteiger partial charge in [-0.3, -0.25) is 4.79 Å². The number of aldehydes is 1. The Labute approximate surface area is 95.3 Å². The van der Waals surface area contributed by atoms with E-state index in [9.17, 15) is 4.79 Å². The second kappa shape index (κ2) is 8.79. The molecule has 4 nitrogen and oxygen atoms in total. The van der Waals surface area contributed by atoms with Crippen molar-refractivity contribution in [2.75, 3.05) is 20.8 Å². The van der Waals surface area contributed by atoms with Gasteiger partial charge in [0.05, 0.1) is 12.2 Å². The van der Waals surface area contributed by atoms with Crippen LogP contribution in [0.15, 0.2) is 24.3 Å². The van der Waals surface area contributed by atoms with Gasteiger partial charge in [-0.15, -0.1) is 0 Å². The summed E-state index contributed by atoms with van der Waals surface area (Å²) in [5.41, 5.74) is 6.19. The first-order chi connectivity index (χ1) is 7.77. The van der Waals surface area contributed by atoms with Crippen molar-refractivity contribution in [1.82, 2.24) is 0 Å². The molecule has 0 fully saturated rings. The van der Waals surface area contributed by atoms with Gasteiger partial charge in [0.15, 0.2) is 6.29 Å². The van der Waals surface area contributed by atoms with Gasteiger partial charge in [0.25, 0.3) is 0 Å². The highest BCUT2D eigenvalue weighted by Gasteiger charge is 2.00. The standard InChI is InChI=1S/C11H13NO2.CH4O/c1-14-6-2-3-9-4-5-10(8-13)11(12)7-9;1-2/h2-5,7-8H,6,12H2,1H3;2H,1H3/p+1/b3-2+;. The highest BCUT2D eigenvalue weighted by atomic mass is 16.5. The van der Waals surface area contributed by atoms with Crippen LogP contribution in [-0.4, -0.2) is 32.2 Å². The van der Waals surface area contributed by atoms with Crippen LogP contribution in [0.25, 0.3) is 6.08 Å². The van der Waals surface area contributed by atoms with E-state index >= 15 is 0 Å². The third-order valence-electron chi connectivity index (χ3n) is 1.87. The van der Waals surface area contributed by atoms with E-state index in [1.807, 2.05) is 24.3 Å². The zero-order valence-corrected chi connectivity index (χ0v) is 9.64. The van der Waals surface area contributed by atoms with Crippen LogP contribution in [0.5, 0.6) is 0 Å². The number of benzene rings is 1. The third kappa shape index (κ3) is 4.84. The SMILES string of the molecule is CO.COC/C=C/c1ccc(C=O)c([NH3+])c1. The summed E-state index contributed by atoms with van der Waals surface area (Å²) in [4.78, 5) is 10.5. The second-order valence-corrected chi connectivity index (χ2v) is 2.93. The number of quaternary nitrogens is 1. The lowest BCUT2D eigenvalue weighted by molar-refractivity contribution is -0.255. The Balaban J connectivity index is 0.00000106. The number of ether oxygens (including phenoxy) is 1. The molecule has 0 radical (unpaired) electrons. The lowest BCUT2D eigenvalue weighted by atomic mass is 10.1. The second-order valence-electron chi connectivity index (χ2n) is 2.93. The Morgan fingerprint density at radius 2 is 2.12 bits per heavy atom. The number of aliphatic hydroxyl groups excluding tert-OH is 1. The molecule has 0 aromatic heterocycles. The first kappa shape index (κ1) is 14.5. The smallest absolute Gasteiger partial charge is 0.156 e. The van der Waals surface area contributed by atoms with E-state index in [2.05, 4.69) is 5.73 Å². The Hall–Kier alpha value is -1.49. The molecule has 4 heteroatoms. The molecule has 0 heterocycles. The lowest BCUT2D eigenvalue weighted by Crippen LogP contribution is -2.41. The molecule has 0 atom stereocenters. The van der Waals surface area contributed by atoms with Gasteiger partial charge in [0, 0.05) is 20.3 Å². The van der Waals surface area contributed by atoms with Gasteiger partial charge < -0.3 is 15.6 Å². The van der Waals surface area contributed by atoms with Crippen LogP contribution in [0, 0.1) is 0 Å². The Morgan fingerprint density at radius 1 is 1.44 bits per heavy atom.